The molecule has 0 heterocycles. The number of rotatable bonds is 2. The molecule has 0 atom stereocenters. The van der Waals surface area contributed by atoms with Gasteiger partial charge in [-0.2, -0.15) is 0 Å². The second-order valence-corrected chi connectivity index (χ2v) is 9.04. The van der Waals surface area contributed by atoms with E-state index >= 15 is 0 Å². The summed E-state index contributed by atoms with van der Waals surface area (Å²) in [6.45, 7) is 4.07. The maximum atomic E-state index is 5.97. The molecule has 6 heteroatoms. The lowest BCUT2D eigenvalue weighted by Gasteiger charge is -2.32. The lowest BCUT2D eigenvalue weighted by Crippen LogP contribution is -2.30. The number of hydrogen-bond donors (Lipinski definition) is 0. The molecule has 0 N–H and O–H groups in total. The van der Waals surface area contributed by atoms with Gasteiger partial charge in [0.1, 0.15) is 0 Å². The Labute approximate surface area is 137 Å². The molecule has 0 aromatic heterocycles. The number of halogens is 6. The van der Waals surface area contributed by atoms with E-state index in [4.69, 9.17) is 69.6 Å². The lowest BCUT2D eigenvalue weighted by atomic mass is 9.90. The molecular formula is C12H12Cl6. The van der Waals surface area contributed by atoms with Crippen molar-refractivity contribution in [3.8, 4) is 0 Å². The van der Waals surface area contributed by atoms with Gasteiger partial charge < -0.3 is 0 Å². The molecule has 0 saturated heterocycles. The Kier molecular flexibility index (Phi) is 5.82. The fourth-order valence-electron chi connectivity index (χ4n) is 1.84. The van der Waals surface area contributed by atoms with Crippen LogP contribution in [0.3, 0.4) is 0 Å². The fraction of sp³-hybridized carbons (Fsp3) is 0.500. The van der Waals surface area contributed by atoms with Crippen LogP contribution in [0.5, 0.6) is 0 Å². The minimum atomic E-state index is -1.70. The summed E-state index contributed by atoms with van der Waals surface area (Å²) in [5.74, 6) is -0.595. The van der Waals surface area contributed by atoms with E-state index in [-0.39, 0.29) is 5.92 Å². The van der Waals surface area contributed by atoms with Gasteiger partial charge in [-0.1, -0.05) is 108 Å². The van der Waals surface area contributed by atoms with Crippen LogP contribution in [-0.4, -0.2) is 7.59 Å². The second kappa shape index (κ2) is 6.16. The first kappa shape index (κ1) is 17.0. The van der Waals surface area contributed by atoms with Crippen LogP contribution in [0.25, 0.3) is 0 Å². The molecule has 0 amide bonds. The van der Waals surface area contributed by atoms with Gasteiger partial charge in [0, 0.05) is 0 Å². The molecule has 0 aliphatic heterocycles. The van der Waals surface area contributed by atoms with Crippen LogP contribution < -0.4 is 0 Å². The summed E-state index contributed by atoms with van der Waals surface area (Å²) < 4.78 is -3.40. The molecule has 0 bridgehead atoms. The first-order valence-corrected chi connectivity index (χ1v) is 7.54. The van der Waals surface area contributed by atoms with Gasteiger partial charge in [0.15, 0.2) is 0 Å². The normalized spacial score (nSPS) is 13.4. The summed E-state index contributed by atoms with van der Waals surface area (Å²) in [5.41, 5.74) is 1.74. The molecule has 0 fully saturated rings. The second-order valence-electron chi connectivity index (χ2n) is 4.30. The number of alkyl halides is 6. The molecule has 102 valence electrons. The highest BCUT2D eigenvalue weighted by molar-refractivity contribution is 6.73. The maximum Gasteiger partial charge on any atom is 0.201 e. The first-order valence-electron chi connectivity index (χ1n) is 5.27. The summed E-state index contributed by atoms with van der Waals surface area (Å²) >= 11 is 35.8. The highest BCUT2D eigenvalue weighted by Gasteiger charge is 2.48. The Bertz CT molecular complexity index is 388. The van der Waals surface area contributed by atoms with Crippen LogP contribution in [0.15, 0.2) is 24.3 Å². The molecule has 1 rings (SSSR count). The highest BCUT2D eigenvalue weighted by Crippen LogP contribution is 2.55. The van der Waals surface area contributed by atoms with Crippen molar-refractivity contribution in [2.24, 2.45) is 0 Å². The fourth-order valence-corrected chi connectivity index (χ4v) is 4.03. The molecular weight excluding hydrogens is 357 g/mol. The molecule has 1 aromatic rings. The van der Waals surface area contributed by atoms with Gasteiger partial charge in [0.25, 0.3) is 0 Å². The third-order valence-corrected chi connectivity index (χ3v) is 3.89. The maximum absolute atomic E-state index is 5.97. The average Bonchev–Trinajstić information content (AvgIpc) is 2.13. The van der Waals surface area contributed by atoms with Crippen molar-refractivity contribution >= 4 is 69.6 Å². The van der Waals surface area contributed by atoms with Crippen LogP contribution in [0, 0.1) is 0 Å². The summed E-state index contributed by atoms with van der Waals surface area (Å²) in [5, 5.41) is 0. The SMILES string of the molecule is CC(C)c1ccccc1C(C(Cl)(Cl)Cl)C(Cl)(Cl)Cl. The largest absolute Gasteiger partial charge is 0.201 e. The van der Waals surface area contributed by atoms with E-state index in [9.17, 15) is 0 Å². The Morgan fingerprint density at radius 1 is 0.778 bits per heavy atom. The average molecular weight is 369 g/mol. The lowest BCUT2D eigenvalue weighted by molar-refractivity contribution is 0.699. The third kappa shape index (κ3) is 4.23. The highest BCUT2D eigenvalue weighted by atomic mass is 35.6. The van der Waals surface area contributed by atoms with Crippen LogP contribution >= 0.6 is 69.6 Å². The van der Waals surface area contributed by atoms with Crippen molar-refractivity contribution in [1.82, 2.24) is 0 Å². The Balaban J connectivity index is 3.40. The van der Waals surface area contributed by atoms with E-state index in [2.05, 4.69) is 0 Å². The van der Waals surface area contributed by atoms with Crippen LogP contribution in [0.2, 0.25) is 0 Å². The van der Waals surface area contributed by atoms with Gasteiger partial charge in [-0.3, -0.25) is 0 Å². The zero-order valence-electron chi connectivity index (χ0n) is 9.73. The summed E-state index contributed by atoms with van der Waals surface area (Å²) in [7, 11) is 0. The molecule has 0 aliphatic rings. The Morgan fingerprint density at radius 2 is 1.17 bits per heavy atom. The molecule has 0 unspecified atom stereocenters. The van der Waals surface area contributed by atoms with E-state index in [1.54, 1.807) is 0 Å². The first-order chi connectivity index (χ1) is 8.05. The predicted molar refractivity (Wildman–Crippen MR) is 83.9 cm³/mol. The predicted octanol–water partition coefficient (Wildman–Crippen LogP) is 6.63. The smallest absolute Gasteiger partial charge is 0.0828 e. The summed E-state index contributed by atoms with van der Waals surface area (Å²) in [6, 6.07) is 7.51. The van der Waals surface area contributed by atoms with Crippen molar-refractivity contribution in [3.05, 3.63) is 35.4 Å². The third-order valence-electron chi connectivity index (χ3n) is 2.58. The molecule has 0 nitrogen and oxygen atoms in total. The van der Waals surface area contributed by atoms with E-state index in [1.165, 1.54) is 0 Å². The van der Waals surface area contributed by atoms with Gasteiger partial charge in [0.05, 0.1) is 5.92 Å². The topological polar surface area (TPSA) is 0 Å². The molecule has 18 heavy (non-hydrogen) atoms. The minimum Gasteiger partial charge on any atom is -0.0828 e. The minimum absolute atomic E-state index is 0.239. The Hall–Kier alpha value is 0.960. The van der Waals surface area contributed by atoms with E-state index in [1.807, 2.05) is 38.1 Å². The van der Waals surface area contributed by atoms with Crippen LogP contribution in [-0.2, 0) is 0 Å². The zero-order chi connectivity index (χ0) is 14.1. The zero-order valence-corrected chi connectivity index (χ0v) is 14.3. The number of hydrogen-bond acceptors (Lipinski definition) is 0. The van der Waals surface area contributed by atoms with E-state index in [0.717, 1.165) is 11.1 Å². The van der Waals surface area contributed by atoms with Crippen LogP contribution in [0.1, 0.15) is 36.8 Å². The van der Waals surface area contributed by atoms with Crippen molar-refractivity contribution in [2.75, 3.05) is 0 Å². The monoisotopic (exact) mass is 366 g/mol. The Morgan fingerprint density at radius 3 is 1.50 bits per heavy atom. The van der Waals surface area contributed by atoms with Gasteiger partial charge in [-0.15, -0.1) is 0 Å². The van der Waals surface area contributed by atoms with Crippen LogP contribution in [0.4, 0.5) is 0 Å². The quantitative estimate of drug-likeness (QED) is 0.513. The van der Waals surface area contributed by atoms with E-state index in [0.29, 0.717) is 0 Å². The summed E-state index contributed by atoms with van der Waals surface area (Å²) in [4.78, 5) is 0. The van der Waals surface area contributed by atoms with Gasteiger partial charge in [-0.05, 0) is 17.0 Å². The standard InChI is InChI=1S/C12H12Cl6/c1-7(2)8-5-3-4-6-9(8)10(11(13,14)15)12(16,17)18/h3-7,10H,1-2H3. The molecule has 0 radical (unpaired) electrons. The number of benzene rings is 1. The van der Waals surface area contributed by atoms with Gasteiger partial charge >= 0.3 is 0 Å². The van der Waals surface area contributed by atoms with Crippen molar-refractivity contribution in [2.45, 2.75) is 33.3 Å². The molecule has 1 aromatic carbocycles. The van der Waals surface area contributed by atoms with Crippen molar-refractivity contribution in [1.29, 1.82) is 0 Å². The molecule has 0 aliphatic carbocycles. The van der Waals surface area contributed by atoms with E-state index < -0.39 is 13.5 Å². The van der Waals surface area contributed by atoms with Crippen molar-refractivity contribution in [3.63, 3.8) is 0 Å². The molecule has 0 saturated carbocycles. The van der Waals surface area contributed by atoms with Gasteiger partial charge in [-0.25, -0.2) is 0 Å². The summed E-state index contributed by atoms with van der Waals surface area (Å²) in [6.07, 6.45) is 0. The van der Waals surface area contributed by atoms with Gasteiger partial charge in [0.2, 0.25) is 7.59 Å². The molecule has 0 spiro atoms. The van der Waals surface area contributed by atoms with Crippen molar-refractivity contribution < 1.29 is 0 Å².